The van der Waals surface area contributed by atoms with Crippen LogP contribution in [-0.4, -0.2) is 18.6 Å². The molecule has 3 N–H and O–H groups in total. The molecule has 0 aromatic heterocycles. The molecule has 1 rings (SSSR count). The monoisotopic (exact) mass is 128 g/mol. The van der Waals surface area contributed by atoms with Crippen molar-refractivity contribution in [3.63, 3.8) is 0 Å². The summed E-state index contributed by atoms with van der Waals surface area (Å²) in [5, 5.41) is 3.39. The molecule has 0 radical (unpaired) electrons. The zero-order valence-electron chi connectivity index (χ0n) is 6.06. The zero-order valence-corrected chi connectivity index (χ0v) is 6.06. The average molecular weight is 128 g/mol. The molecule has 0 bridgehead atoms. The van der Waals surface area contributed by atoms with Crippen molar-refractivity contribution in [2.24, 2.45) is 5.73 Å². The van der Waals surface area contributed by atoms with E-state index in [4.69, 9.17) is 5.73 Å². The lowest BCUT2D eigenvalue weighted by molar-refractivity contribution is 0.343. The SMILES string of the molecule is CCC1NCCCC1N. The molecule has 0 saturated carbocycles. The van der Waals surface area contributed by atoms with Gasteiger partial charge in [0.05, 0.1) is 0 Å². The van der Waals surface area contributed by atoms with Crippen LogP contribution in [0.25, 0.3) is 0 Å². The van der Waals surface area contributed by atoms with Crippen LogP contribution in [0.3, 0.4) is 0 Å². The third-order valence-corrected chi connectivity index (χ3v) is 2.08. The fourth-order valence-corrected chi connectivity index (χ4v) is 1.42. The first-order chi connectivity index (χ1) is 4.34. The predicted octanol–water partition coefficient (Wildman–Crippen LogP) is 0.476. The fraction of sp³-hybridized carbons (Fsp3) is 1.00. The molecule has 2 atom stereocenters. The minimum Gasteiger partial charge on any atom is -0.326 e. The second-order valence-electron chi connectivity index (χ2n) is 2.77. The minimum atomic E-state index is 0.406. The molecule has 2 unspecified atom stereocenters. The van der Waals surface area contributed by atoms with E-state index in [0.717, 1.165) is 6.54 Å². The molecule has 1 heterocycles. The van der Waals surface area contributed by atoms with Crippen LogP contribution in [0.15, 0.2) is 0 Å². The van der Waals surface area contributed by atoms with Crippen molar-refractivity contribution in [3.05, 3.63) is 0 Å². The summed E-state index contributed by atoms with van der Waals surface area (Å²) in [4.78, 5) is 0. The molecule has 1 fully saturated rings. The van der Waals surface area contributed by atoms with E-state index in [2.05, 4.69) is 12.2 Å². The lowest BCUT2D eigenvalue weighted by Gasteiger charge is -2.28. The van der Waals surface area contributed by atoms with Gasteiger partial charge in [0.1, 0.15) is 0 Å². The smallest absolute Gasteiger partial charge is 0.0216 e. The van der Waals surface area contributed by atoms with Gasteiger partial charge in [-0.25, -0.2) is 0 Å². The first-order valence-electron chi connectivity index (χ1n) is 3.83. The molecule has 0 amide bonds. The molecule has 9 heavy (non-hydrogen) atoms. The van der Waals surface area contributed by atoms with Gasteiger partial charge in [0.15, 0.2) is 0 Å². The zero-order chi connectivity index (χ0) is 6.69. The van der Waals surface area contributed by atoms with Gasteiger partial charge >= 0.3 is 0 Å². The second kappa shape index (κ2) is 3.18. The summed E-state index contributed by atoms with van der Waals surface area (Å²) in [6, 6.07) is 0.988. The summed E-state index contributed by atoms with van der Waals surface area (Å²) >= 11 is 0. The maximum atomic E-state index is 5.83. The summed E-state index contributed by atoms with van der Waals surface area (Å²) < 4.78 is 0. The first kappa shape index (κ1) is 7.03. The lowest BCUT2D eigenvalue weighted by atomic mass is 9.98. The van der Waals surface area contributed by atoms with Crippen LogP contribution in [0.1, 0.15) is 26.2 Å². The first-order valence-corrected chi connectivity index (χ1v) is 3.83. The fourth-order valence-electron chi connectivity index (χ4n) is 1.42. The van der Waals surface area contributed by atoms with E-state index in [9.17, 15) is 0 Å². The number of nitrogens with two attached hydrogens (primary N) is 1. The largest absolute Gasteiger partial charge is 0.326 e. The number of nitrogens with one attached hydrogen (secondary N) is 1. The molecular weight excluding hydrogens is 112 g/mol. The van der Waals surface area contributed by atoms with Gasteiger partial charge in [0.2, 0.25) is 0 Å². The van der Waals surface area contributed by atoms with Crippen molar-refractivity contribution in [3.8, 4) is 0 Å². The van der Waals surface area contributed by atoms with Gasteiger partial charge in [0.25, 0.3) is 0 Å². The predicted molar refractivity (Wildman–Crippen MR) is 39.3 cm³/mol. The number of hydrogen-bond donors (Lipinski definition) is 2. The van der Waals surface area contributed by atoms with E-state index in [1.54, 1.807) is 0 Å². The second-order valence-corrected chi connectivity index (χ2v) is 2.77. The highest BCUT2D eigenvalue weighted by Gasteiger charge is 2.18. The molecule has 2 heteroatoms. The highest BCUT2D eigenvalue weighted by atomic mass is 15.0. The molecule has 0 aromatic carbocycles. The van der Waals surface area contributed by atoms with Crippen LogP contribution in [0.5, 0.6) is 0 Å². The Hall–Kier alpha value is -0.0800. The van der Waals surface area contributed by atoms with Crippen molar-refractivity contribution in [2.45, 2.75) is 38.3 Å². The van der Waals surface area contributed by atoms with E-state index in [-0.39, 0.29) is 0 Å². The Kier molecular flexibility index (Phi) is 2.49. The highest BCUT2D eigenvalue weighted by Crippen LogP contribution is 2.07. The van der Waals surface area contributed by atoms with E-state index in [0.29, 0.717) is 12.1 Å². The van der Waals surface area contributed by atoms with Gasteiger partial charge in [-0.3, -0.25) is 0 Å². The number of piperidine rings is 1. The Bertz CT molecular complexity index is 83.0. The molecule has 54 valence electrons. The molecule has 1 saturated heterocycles. The third kappa shape index (κ3) is 1.66. The average Bonchev–Trinajstić information content (AvgIpc) is 1.89. The maximum Gasteiger partial charge on any atom is 0.0216 e. The Morgan fingerprint density at radius 1 is 1.67 bits per heavy atom. The van der Waals surface area contributed by atoms with E-state index in [1.165, 1.54) is 19.3 Å². The van der Waals surface area contributed by atoms with Crippen LogP contribution >= 0.6 is 0 Å². The molecule has 1 aliphatic heterocycles. The highest BCUT2D eigenvalue weighted by molar-refractivity contribution is 4.82. The molecule has 2 nitrogen and oxygen atoms in total. The van der Waals surface area contributed by atoms with Crippen LogP contribution < -0.4 is 11.1 Å². The molecule has 1 aliphatic rings. The van der Waals surface area contributed by atoms with Gasteiger partial charge in [0, 0.05) is 12.1 Å². The van der Waals surface area contributed by atoms with Crippen LogP contribution in [-0.2, 0) is 0 Å². The van der Waals surface area contributed by atoms with Crippen molar-refractivity contribution < 1.29 is 0 Å². The lowest BCUT2D eigenvalue weighted by Crippen LogP contribution is -2.48. The Labute approximate surface area is 56.8 Å². The van der Waals surface area contributed by atoms with Crippen molar-refractivity contribution in [2.75, 3.05) is 6.54 Å². The molecule has 0 aromatic rings. The molecule has 0 spiro atoms. The van der Waals surface area contributed by atoms with E-state index < -0.39 is 0 Å². The van der Waals surface area contributed by atoms with Crippen molar-refractivity contribution >= 4 is 0 Å². The quantitative estimate of drug-likeness (QED) is 0.539. The van der Waals surface area contributed by atoms with Gasteiger partial charge < -0.3 is 11.1 Å². The van der Waals surface area contributed by atoms with Crippen LogP contribution in [0, 0.1) is 0 Å². The Balaban J connectivity index is 2.30. The summed E-state index contributed by atoms with van der Waals surface area (Å²) in [6.07, 6.45) is 3.62. The van der Waals surface area contributed by atoms with Crippen molar-refractivity contribution in [1.82, 2.24) is 5.32 Å². The maximum absolute atomic E-state index is 5.83. The van der Waals surface area contributed by atoms with Gasteiger partial charge in [-0.05, 0) is 25.8 Å². The summed E-state index contributed by atoms with van der Waals surface area (Å²) in [6.45, 7) is 3.34. The minimum absolute atomic E-state index is 0.406. The standard InChI is InChI=1S/C7H16N2/c1-2-7-6(8)4-3-5-9-7/h6-7,9H,2-5,8H2,1H3. The van der Waals surface area contributed by atoms with Crippen LogP contribution in [0.4, 0.5) is 0 Å². The van der Waals surface area contributed by atoms with Crippen molar-refractivity contribution in [1.29, 1.82) is 0 Å². The normalized spacial score (nSPS) is 36.7. The Morgan fingerprint density at radius 2 is 2.44 bits per heavy atom. The van der Waals surface area contributed by atoms with E-state index in [1.807, 2.05) is 0 Å². The number of hydrogen-bond acceptors (Lipinski definition) is 2. The van der Waals surface area contributed by atoms with E-state index >= 15 is 0 Å². The summed E-state index contributed by atoms with van der Waals surface area (Å²) in [5.74, 6) is 0. The van der Waals surface area contributed by atoms with Gasteiger partial charge in [-0.15, -0.1) is 0 Å². The molecule has 0 aliphatic carbocycles. The van der Waals surface area contributed by atoms with Crippen LogP contribution in [0.2, 0.25) is 0 Å². The Morgan fingerprint density at radius 3 is 2.89 bits per heavy atom. The molecular formula is C7H16N2. The summed E-state index contributed by atoms with van der Waals surface area (Å²) in [7, 11) is 0. The summed E-state index contributed by atoms with van der Waals surface area (Å²) in [5.41, 5.74) is 5.83. The third-order valence-electron chi connectivity index (χ3n) is 2.08. The van der Waals surface area contributed by atoms with Gasteiger partial charge in [-0.1, -0.05) is 6.92 Å². The number of rotatable bonds is 1. The topological polar surface area (TPSA) is 38.0 Å². The van der Waals surface area contributed by atoms with Gasteiger partial charge in [-0.2, -0.15) is 0 Å².